The fraction of sp³-hybridized carbons (Fsp3) is 0.429. The highest BCUT2D eigenvalue weighted by atomic mass is 33.1. The second-order valence-electron chi connectivity index (χ2n) is 12.3. The first-order valence-electron chi connectivity index (χ1n) is 16.1. The molecule has 0 saturated carbocycles. The van der Waals surface area contributed by atoms with Crippen molar-refractivity contribution in [1.82, 2.24) is 14.5 Å². The van der Waals surface area contributed by atoms with Gasteiger partial charge in [-0.05, 0) is 62.8 Å². The summed E-state index contributed by atoms with van der Waals surface area (Å²) in [4.78, 5) is 49.5. The summed E-state index contributed by atoms with van der Waals surface area (Å²) in [6.45, 7) is 5.67. The molecule has 3 aromatic rings. The van der Waals surface area contributed by atoms with Crippen molar-refractivity contribution in [3.8, 4) is 0 Å². The Labute approximate surface area is 296 Å². The Morgan fingerprint density at radius 2 is 1.73 bits per heavy atom. The van der Waals surface area contributed by atoms with Gasteiger partial charge in [0.05, 0.1) is 43.1 Å². The zero-order chi connectivity index (χ0) is 35.4. The number of fused-ring (bicyclic) bond motifs is 1. The van der Waals surface area contributed by atoms with Gasteiger partial charge in [0.15, 0.2) is 0 Å². The van der Waals surface area contributed by atoms with E-state index in [0.717, 1.165) is 18.5 Å². The van der Waals surface area contributed by atoms with Gasteiger partial charge in [0, 0.05) is 63.4 Å². The Morgan fingerprint density at radius 1 is 1.04 bits per heavy atom. The highest BCUT2D eigenvalue weighted by Gasteiger charge is 2.29. The van der Waals surface area contributed by atoms with Gasteiger partial charge in [-0.25, -0.2) is 5.06 Å². The fourth-order valence-electron chi connectivity index (χ4n) is 5.34. The lowest BCUT2D eigenvalue weighted by Crippen LogP contribution is -2.36. The van der Waals surface area contributed by atoms with Crippen LogP contribution in [0, 0.1) is 0 Å². The van der Waals surface area contributed by atoms with Crippen LogP contribution in [0.1, 0.15) is 59.7 Å². The van der Waals surface area contributed by atoms with E-state index in [-0.39, 0.29) is 34.9 Å². The van der Waals surface area contributed by atoms with Crippen LogP contribution in [0.4, 0.5) is 17.1 Å². The summed E-state index contributed by atoms with van der Waals surface area (Å²) in [7, 11) is 8.47. The first-order valence-corrected chi connectivity index (χ1v) is 18.7. The lowest BCUT2D eigenvalue weighted by atomic mass is 10.1. The molecule has 0 aliphatic carbocycles. The molecule has 1 aromatic carbocycles. The number of ether oxygens (including phenoxy) is 1. The number of hydrogen-bond donors (Lipinski definition) is 3. The molecule has 0 saturated heterocycles. The summed E-state index contributed by atoms with van der Waals surface area (Å²) in [6.07, 6.45) is 13.3. The molecule has 1 aliphatic heterocycles. The van der Waals surface area contributed by atoms with Crippen LogP contribution < -0.4 is 21.0 Å². The van der Waals surface area contributed by atoms with Crippen molar-refractivity contribution >= 4 is 62.6 Å². The molecule has 1 atom stereocenters. The molecule has 3 amide bonds. The zero-order valence-corrected chi connectivity index (χ0v) is 30.7. The van der Waals surface area contributed by atoms with Gasteiger partial charge in [-0.2, -0.15) is 0 Å². The van der Waals surface area contributed by atoms with E-state index in [9.17, 15) is 14.4 Å². The number of benzene rings is 1. The average molecular weight is 710 g/mol. The molecule has 264 valence electrons. The Kier molecular flexibility index (Phi) is 13.9. The number of aromatic nitrogens is 2. The molecule has 3 heterocycles. The molecule has 0 bridgehead atoms. The number of nitrogens with zero attached hydrogens (tertiary/aromatic N) is 4. The van der Waals surface area contributed by atoms with E-state index in [0.29, 0.717) is 48.9 Å². The number of carbonyl (C=O) groups excluding carboxylic acids is 3. The Morgan fingerprint density at radius 3 is 2.45 bits per heavy atom. The van der Waals surface area contributed by atoms with Crippen LogP contribution in [0.15, 0.2) is 66.1 Å². The van der Waals surface area contributed by atoms with E-state index in [1.165, 1.54) is 5.56 Å². The number of hydrogen-bond acceptors (Lipinski definition) is 9. The molecule has 1 aliphatic rings. The minimum absolute atomic E-state index is 0.0208. The van der Waals surface area contributed by atoms with Crippen molar-refractivity contribution in [2.75, 3.05) is 48.8 Å². The van der Waals surface area contributed by atoms with Gasteiger partial charge in [0.25, 0.3) is 11.8 Å². The van der Waals surface area contributed by atoms with Crippen molar-refractivity contribution in [1.29, 1.82) is 0 Å². The smallest absolute Gasteiger partial charge is 0.272 e. The maximum Gasteiger partial charge on any atom is 0.272 e. The van der Waals surface area contributed by atoms with Crippen molar-refractivity contribution in [2.45, 2.75) is 50.3 Å². The third-order valence-corrected chi connectivity index (χ3v) is 10.3. The van der Waals surface area contributed by atoms with Gasteiger partial charge in [0.2, 0.25) is 5.91 Å². The van der Waals surface area contributed by atoms with E-state index in [4.69, 9.17) is 9.57 Å². The SMILES string of the molecule is CO/C=C/CCN=C[C@@H]1Cc2ccccc2N1OCCCC(=O)Nc1cc(C(=O)Nc2cc(C(=O)NCC(C)(C)SSC)n(C)c2)n(C)c1. The minimum atomic E-state index is -0.359. The molecule has 14 heteroatoms. The van der Waals surface area contributed by atoms with Crippen LogP contribution in [0.3, 0.4) is 0 Å². The summed E-state index contributed by atoms with van der Waals surface area (Å²) in [5.74, 6) is -0.752. The van der Waals surface area contributed by atoms with Gasteiger partial charge in [0.1, 0.15) is 11.4 Å². The second-order valence-corrected chi connectivity index (χ2v) is 15.4. The van der Waals surface area contributed by atoms with Gasteiger partial charge < -0.3 is 29.8 Å². The number of anilines is 3. The van der Waals surface area contributed by atoms with E-state index in [1.807, 2.05) is 41.8 Å². The number of nitrogens with one attached hydrogen (secondary N) is 3. The lowest BCUT2D eigenvalue weighted by molar-refractivity contribution is -0.116. The van der Waals surface area contributed by atoms with Crippen LogP contribution in [0.5, 0.6) is 0 Å². The number of aryl methyl sites for hydroxylation is 2. The Hall–Kier alpha value is -4.14. The predicted octanol–water partition coefficient (Wildman–Crippen LogP) is 5.84. The number of para-hydroxylation sites is 1. The van der Waals surface area contributed by atoms with E-state index >= 15 is 0 Å². The lowest BCUT2D eigenvalue weighted by Gasteiger charge is -2.24. The quantitative estimate of drug-likeness (QED) is 0.0651. The topological polar surface area (TPSA) is 131 Å². The highest BCUT2D eigenvalue weighted by Crippen LogP contribution is 2.33. The molecule has 12 nitrogen and oxygen atoms in total. The van der Waals surface area contributed by atoms with E-state index in [2.05, 4.69) is 40.9 Å². The molecule has 49 heavy (non-hydrogen) atoms. The number of amides is 3. The van der Waals surface area contributed by atoms with Crippen LogP contribution >= 0.6 is 21.6 Å². The first-order chi connectivity index (χ1) is 23.5. The third-order valence-electron chi connectivity index (χ3n) is 7.67. The summed E-state index contributed by atoms with van der Waals surface area (Å²) >= 11 is 0. The zero-order valence-electron chi connectivity index (χ0n) is 29.0. The van der Waals surface area contributed by atoms with Gasteiger partial charge in [-0.3, -0.25) is 24.2 Å². The Bertz CT molecular complexity index is 1650. The maximum atomic E-state index is 13.1. The van der Waals surface area contributed by atoms with E-state index < -0.39 is 0 Å². The molecule has 3 N–H and O–H groups in total. The van der Waals surface area contributed by atoms with Crippen molar-refractivity contribution < 1.29 is 24.0 Å². The van der Waals surface area contributed by atoms with Gasteiger partial charge in [-0.15, -0.1) is 0 Å². The van der Waals surface area contributed by atoms with Crippen molar-refractivity contribution in [3.63, 3.8) is 0 Å². The van der Waals surface area contributed by atoms with Gasteiger partial charge in [-0.1, -0.05) is 39.8 Å². The van der Waals surface area contributed by atoms with Crippen LogP contribution in [0.25, 0.3) is 0 Å². The third kappa shape index (κ3) is 10.9. The molecular weight excluding hydrogens is 663 g/mol. The first kappa shape index (κ1) is 37.7. The Balaban J connectivity index is 1.25. The molecule has 4 rings (SSSR count). The molecule has 0 radical (unpaired) electrons. The van der Waals surface area contributed by atoms with Crippen LogP contribution in [-0.4, -0.2) is 76.9 Å². The number of carbonyl (C=O) groups is 3. The summed E-state index contributed by atoms with van der Waals surface area (Å²) in [5, 5.41) is 10.6. The maximum absolute atomic E-state index is 13.1. The largest absolute Gasteiger partial charge is 0.505 e. The van der Waals surface area contributed by atoms with Gasteiger partial charge >= 0.3 is 0 Å². The van der Waals surface area contributed by atoms with Crippen molar-refractivity contribution in [3.05, 3.63) is 78.1 Å². The summed E-state index contributed by atoms with van der Waals surface area (Å²) < 4.78 is 8.14. The van der Waals surface area contributed by atoms with Crippen LogP contribution in [0.2, 0.25) is 0 Å². The minimum Gasteiger partial charge on any atom is -0.505 e. The second kappa shape index (κ2) is 18.0. The summed E-state index contributed by atoms with van der Waals surface area (Å²) in [5.41, 5.74) is 4.02. The highest BCUT2D eigenvalue weighted by molar-refractivity contribution is 8.77. The standard InChI is InChI=1S/C35H47N7O5S2/c1-35(2,49-48-6)24-37-33(44)30-20-27(23-40(30)3)39-34(45)31-19-26(22-41(31)4)38-32(43)14-11-17-47-42-28(21-36-15-9-10-16-46-5)18-25-12-7-8-13-29(25)42/h7-8,10,12-13,16,19-23,28H,9,11,14-15,17-18,24H2,1-6H3,(H,37,44)(H,38,43)(H,39,45)/b16-10+,36-21?/t28-/m0/s1. The van der Waals surface area contributed by atoms with Crippen LogP contribution in [-0.2, 0) is 34.9 Å². The summed E-state index contributed by atoms with van der Waals surface area (Å²) in [6, 6.07) is 11.4. The number of methoxy groups -OCH3 is 1. The average Bonchev–Trinajstić information content (AvgIpc) is 3.73. The number of hydroxylamine groups is 1. The predicted molar refractivity (Wildman–Crippen MR) is 201 cm³/mol. The monoisotopic (exact) mass is 709 g/mol. The molecule has 2 aromatic heterocycles. The van der Waals surface area contributed by atoms with E-state index in [1.54, 1.807) is 82.7 Å². The number of aliphatic imine (C=N–C) groups is 1. The molecular formula is C35H47N7O5S2. The molecule has 0 unspecified atom stereocenters. The van der Waals surface area contributed by atoms with Crippen molar-refractivity contribution in [2.24, 2.45) is 19.1 Å². The molecule has 0 fully saturated rings. The normalized spacial score (nSPS) is 14.4. The molecule has 0 spiro atoms. The number of rotatable bonds is 18. The fourth-order valence-corrected chi connectivity index (χ4v) is 7.46.